The summed E-state index contributed by atoms with van der Waals surface area (Å²) in [6.07, 6.45) is 7.52. The minimum Gasteiger partial charge on any atom is -0.493 e. The van der Waals surface area contributed by atoms with Crippen molar-refractivity contribution in [1.82, 2.24) is 5.32 Å². The molecule has 6 nitrogen and oxygen atoms in total. The maximum atomic E-state index is 13.1. The van der Waals surface area contributed by atoms with Gasteiger partial charge in [-0.2, -0.15) is 0 Å². The molecule has 32 heavy (non-hydrogen) atoms. The van der Waals surface area contributed by atoms with Crippen molar-refractivity contribution in [1.29, 1.82) is 0 Å². The van der Waals surface area contributed by atoms with Gasteiger partial charge in [-0.15, -0.1) is 11.3 Å². The number of halogens is 1. The van der Waals surface area contributed by atoms with Crippen molar-refractivity contribution in [3.05, 3.63) is 62.3 Å². The number of aryl methyl sites for hydroxylation is 1. The SMILES string of the molecule is CCOc1c(Br)cc(C=Nc2sc3c(c2C(=O)NCc2ccco2)CCCC3)cc1OC. The van der Waals surface area contributed by atoms with E-state index in [4.69, 9.17) is 18.9 Å². The molecule has 4 rings (SSSR count). The Morgan fingerprint density at radius 1 is 1.34 bits per heavy atom. The fourth-order valence-corrected chi connectivity index (χ4v) is 5.58. The lowest BCUT2D eigenvalue weighted by Gasteiger charge is -2.12. The molecule has 1 aliphatic rings. The number of benzene rings is 1. The molecule has 1 aliphatic carbocycles. The molecule has 2 heterocycles. The number of nitrogens with one attached hydrogen (secondary N) is 1. The Kier molecular flexibility index (Phi) is 7.32. The molecule has 0 saturated carbocycles. The second kappa shape index (κ2) is 10.4. The average molecular weight is 517 g/mol. The van der Waals surface area contributed by atoms with Gasteiger partial charge in [0.05, 0.1) is 36.6 Å². The molecule has 0 radical (unpaired) electrons. The lowest BCUT2D eigenvalue weighted by Crippen LogP contribution is -2.23. The molecular formula is C24H25BrN2O4S. The fraction of sp³-hybridized carbons (Fsp3) is 0.333. The number of ether oxygens (including phenoxy) is 2. The highest BCUT2D eigenvalue weighted by molar-refractivity contribution is 9.10. The number of methoxy groups -OCH3 is 1. The predicted octanol–water partition coefficient (Wildman–Crippen LogP) is 6.07. The molecule has 8 heteroatoms. The van der Waals surface area contributed by atoms with E-state index in [1.807, 2.05) is 31.2 Å². The van der Waals surface area contributed by atoms with E-state index in [-0.39, 0.29) is 5.91 Å². The number of thiophene rings is 1. The number of amides is 1. The van der Waals surface area contributed by atoms with E-state index in [9.17, 15) is 4.79 Å². The standard InChI is InChI=1S/C24H25BrN2O4S/c1-3-30-22-18(25)11-15(12-19(22)29-2)13-27-24-21(17-8-4-5-9-20(17)32-24)23(28)26-14-16-7-6-10-31-16/h6-7,10-13H,3-5,8-9,14H2,1-2H3,(H,26,28). The van der Waals surface area contributed by atoms with Crippen molar-refractivity contribution in [2.24, 2.45) is 4.99 Å². The summed E-state index contributed by atoms with van der Waals surface area (Å²) in [6, 6.07) is 7.47. The second-order valence-corrected chi connectivity index (χ2v) is 9.32. The molecule has 0 bridgehead atoms. The van der Waals surface area contributed by atoms with Gasteiger partial charge >= 0.3 is 0 Å². The van der Waals surface area contributed by atoms with Crippen LogP contribution in [0, 0.1) is 0 Å². The summed E-state index contributed by atoms with van der Waals surface area (Å²) < 4.78 is 17.3. The van der Waals surface area contributed by atoms with E-state index in [0.717, 1.165) is 52.0 Å². The Bertz CT molecular complexity index is 1120. The first-order valence-corrected chi connectivity index (χ1v) is 12.2. The molecule has 0 atom stereocenters. The maximum absolute atomic E-state index is 13.1. The van der Waals surface area contributed by atoms with Crippen LogP contribution in [0.2, 0.25) is 0 Å². The molecule has 1 N–H and O–H groups in total. The van der Waals surface area contributed by atoms with Crippen LogP contribution in [0.15, 0.2) is 44.4 Å². The van der Waals surface area contributed by atoms with Crippen LogP contribution in [0.1, 0.15) is 51.9 Å². The van der Waals surface area contributed by atoms with Crippen LogP contribution in [0.4, 0.5) is 5.00 Å². The van der Waals surface area contributed by atoms with Gasteiger partial charge in [-0.1, -0.05) is 0 Å². The molecule has 0 spiro atoms. The smallest absolute Gasteiger partial charge is 0.255 e. The summed E-state index contributed by atoms with van der Waals surface area (Å²) in [4.78, 5) is 19.1. The first-order valence-electron chi connectivity index (χ1n) is 10.6. The summed E-state index contributed by atoms with van der Waals surface area (Å²) in [5.41, 5.74) is 2.67. The minimum absolute atomic E-state index is 0.113. The Labute approximate surface area is 199 Å². The highest BCUT2D eigenvalue weighted by atomic mass is 79.9. The second-order valence-electron chi connectivity index (χ2n) is 7.38. The summed E-state index contributed by atoms with van der Waals surface area (Å²) in [6.45, 7) is 2.82. The molecule has 0 saturated heterocycles. The number of rotatable bonds is 8. The highest BCUT2D eigenvalue weighted by Crippen LogP contribution is 2.40. The van der Waals surface area contributed by atoms with Crippen LogP contribution >= 0.6 is 27.3 Å². The van der Waals surface area contributed by atoms with E-state index < -0.39 is 0 Å². The molecule has 0 fully saturated rings. The number of carbonyl (C=O) groups excluding carboxylic acids is 1. The van der Waals surface area contributed by atoms with Gasteiger partial charge in [0.25, 0.3) is 5.91 Å². The monoisotopic (exact) mass is 516 g/mol. The zero-order valence-electron chi connectivity index (χ0n) is 18.1. The first kappa shape index (κ1) is 22.6. The topological polar surface area (TPSA) is 73.1 Å². The van der Waals surface area contributed by atoms with Crippen LogP contribution in [-0.2, 0) is 19.4 Å². The lowest BCUT2D eigenvalue weighted by molar-refractivity contribution is 0.0948. The van der Waals surface area contributed by atoms with Gasteiger partial charge in [0.1, 0.15) is 10.8 Å². The molecule has 168 valence electrons. The van der Waals surface area contributed by atoms with Crippen molar-refractivity contribution in [3.8, 4) is 11.5 Å². The van der Waals surface area contributed by atoms with Crippen LogP contribution in [-0.4, -0.2) is 25.8 Å². The van der Waals surface area contributed by atoms with Gasteiger partial charge in [0, 0.05) is 11.1 Å². The van der Waals surface area contributed by atoms with Crippen LogP contribution in [0.5, 0.6) is 11.5 Å². The summed E-state index contributed by atoms with van der Waals surface area (Å²) >= 11 is 5.16. The van der Waals surface area contributed by atoms with Gasteiger partial charge < -0.3 is 19.2 Å². The van der Waals surface area contributed by atoms with Gasteiger partial charge in [0.2, 0.25) is 0 Å². The first-order chi connectivity index (χ1) is 15.6. The predicted molar refractivity (Wildman–Crippen MR) is 130 cm³/mol. The number of aliphatic imine (C=N–C) groups is 1. The summed E-state index contributed by atoms with van der Waals surface area (Å²) in [5, 5.41) is 3.72. The molecular weight excluding hydrogens is 492 g/mol. The number of hydrogen-bond acceptors (Lipinski definition) is 6. The van der Waals surface area contributed by atoms with Gasteiger partial charge in [-0.05, 0) is 83.9 Å². The molecule has 1 aromatic carbocycles. The van der Waals surface area contributed by atoms with E-state index >= 15 is 0 Å². The summed E-state index contributed by atoms with van der Waals surface area (Å²) in [5.74, 6) is 1.90. The lowest BCUT2D eigenvalue weighted by atomic mass is 9.95. The Hall–Kier alpha value is -2.58. The number of furan rings is 1. The highest BCUT2D eigenvalue weighted by Gasteiger charge is 2.25. The third-order valence-corrected chi connectivity index (χ3v) is 7.04. The summed E-state index contributed by atoms with van der Waals surface area (Å²) in [7, 11) is 1.61. The van der Waals surface area contributed by atoms with Gasteiger partial charge in [-0.25, -0.2) is 4.99 Å². The fourth-order valence-electron chi connectivity index (χ4n) is 3.78. The zero-order chi connectivity index (χ0) is 22.5. The van der Waals surface area contributed by atoms with Crippen molar-refractivity contribution in [2.75, 3.05) is 13.7 Å². The molecule has 0 aliphatic heterocycles. The van der Waals surface area contributed by atoms with Gasteiger partial charge in [0.15, 0.2) is 11.5 Å². The molecule has 2 aromatic heterocycles. The molecule has 1 amide bonds. The quantitative estimate of drug-likeness (QED) is 0.368. The number of carbonyl (C=O) groups is 1. The van der Waals surface area contributed by atoms with Crippen LogP contribution in [0.3, 0.4) is 0 Å². The number of fused-ring (bicyclic) bond motifs is 1. The van der Waals surface area contributed by atoms with Crippen molar-refractivity contribution in [3.63, 3.8) is 0 Å². The van der Waals surface area contributed by atoms with Gasteiger partial charge in [-0.3, -0.25) is 4.79 Å². The van der Waals surface area contributed by atoms with Crippen molar-refractivity contribution >= 4 is 44.4 Å². The average Bonchev–Trinajstić information content (AvgIpc) is 3.45. The van der Waals surface area contributed by atoms with Crippen molar-refractivity contribution < 1.29 is 18.7 Å². The van der Waals surface area contributed by atoms with Crippen LogP contribution < -0.4 is 14.8 Å². The number of nitrogens with zero attached hydrogens (tertiary/aromatic N) is 1. The molecule has 0 unspecified atom stereocenters. The Morgan fingerprint density at radius 2 is 2.19 bits per heavy atom. The van der Waals surface area contributed by atoms with E-state index in [0.29, 0.717) is 30.2 Å². The third-order valence-electron chi connectivity index (χ3n) is 5.25. The normalized spacial score (nSPS) is 13.2. The Morgan fingerprint density at radius 3 is 2.94 bits per heavy atom. The van der Waals surface area contributed by atoms with Crippen molar-refractivity contribution in [2.45, 2.75) is 39.2 Å². The largest absolute Gasteiger partial charge is 0.493 e. The third kappa shape index (κ3) is 4.91. The maximum Gasteiger partial charge on any atom is 0.255 e. The van der Waals surface area contributed by atoms with E-state index in [1.165, 1.54) is 4.88 Å². The zero-order valence-corrected chi connectivity index (χ0v) is 20.5. The van der Waals surface area contributed by atoms with Crippen LogP contribution in [0.25, 0.3) is 0 Å². The minimum atomic E-state index is -0.113. The Balaban J connectivity index is 1.63. The van der Waals surface area contributed by atoms with E-state index in [1.54, 1.807) is 30.9 Å². The molecule has 3 aromatic rings. The number of hydrogen-bond donors (Lipinski definition) is 1. The van der Waals surface area contributed by atoms with E-state index in [2.05, 4.69) is 21.2 Å².